The summed E-state index contributed by atoms with van der Waals surface area (Å²) in [5.74, 6) is 0.899. The van der Waals surface area contributed by atoms with Crippen LogP contribution in [-0.2, 0) is 11.3 Å². The fraction of sp³-hybridized carbons (Fsp3) is 0.500. The lowest BCUT2D eigenvalue weighted by Gasteiger charge is -2.23. The highest BCUT2D eigenvalue weighted by atomic mass is 32.1. The summed E-state index contributed by atoms with van der Waals surface area (Å²) in [4.78, 5) is 34.7. The van der Waals surface area contributed by atoms with E-state index in [9.17, 15) is 9.59 Å². The first-order valence-corrected chi connectivity index (χ1v) is 11.4. The normalized spacial score (nSPS) is 19.8. The van der Waals surface area contributed by atoms with Gasteiger partial charge in [-0.25, -0.2) is 4.98 Å². The topological polar surface area (TPSA) is 65.5 Å². The van der Waals surface area contributed by atoms with E-state index in [1.54, 1.807) is 4.90 Å². The monoisotopic (exact) mass is 412 g/mol. The number of rotatable bonds is 5. The fourth-order valence-corrected chi connectivity index (χ4v) is 4.82. The van der Waals surface area contributed by atoms with Crippen molar-refractivity contribution in [2.24, 2.45) is 0 Å². The van der Waals surface area contributed by atoms with Gasteiger partial charge in [-0.1, -0.05) is 25.0 Å². The second-order valence-electron chi connectivity index (χ2n) is 7.78. The summed E-state index contributed by atoms with van der Waals surface area (Å²) >= 11 is 1.42. The summed E-state index contributed by atoms with van der Waals surface area (Å²) in [5, 5.41) is 4.89. The highest BCUT2D eigenvalue weighted by molar-refractivity contribution is 7.12. The lowest BCUT2D eigenvalue weighted by Crippen LogP contribution is -2.45. The minimum Gasteiger partial charge on any atom is -0.357 e. The van der Waals surface area contributed by atoms with Crippen LogP contribution in [-0.4, -0.2) is 47.4 Å². The number of aromatic nitrogens is 1. The third-order valence-corrected chi connectivity index (χ3v) is 6.61. The van der Waals surface area contributed by atoms with Gasteiger partial charge in [0.05, 0.1) is 4.88 Å². The van der Waals surface area contributed by atoms with Crippen molar-refractivity contribution in [2.75, 3.05) is 24.5 Å². The van der Waals surface area contributed by atoms with Gasteiger partial charge in [0.2, 0.25) is 5.91 Å². The average Bonchev–Trinajstić information content (AvgIpc) is 3.39. The number of hydrogen-bond acceptors (Lipinski definition) is 5. The van der Waals surface area contributed by atoms with Crippen molar-refractivity contribution in [3.05, 3.63) is 46.3 Å². The number of nitrogens with zero attached hydrogens (tertiary/aromatic N) is 3. The Morgan fingerprint density at radius 2 is 1.90 bits per heavy atom. The Labute approximate surface area is 175 Å². The molecule has 0 unspecified atom stereocenters. The predicted molar refractivity (Wildman–Crippen MR) is 115 cm³/mol. The molecule has 4 heterocycles. The summed E-state index contributed by atoms with van der Waals surface area (Å²) < 4.78 is 0. The van der Waals surface area contributed by atoms with E-state index in [0.29, 0.717) is 18.0 Å². The van der Waals surface area contributed by atoms with Crippen LogP contribution in [0.4, 0.5) is 5.82 Å². The van der Waals surface area contributed by atoms with Crippen molar-refractivity contribution < 1.29 is 9.59 Å². The van der Waals surface area contributed by atoms with Gasteiger partial charge >= 0.3 is 0 Å². The molecular weight excluding hydrogens is 384 g/mol. The fourth-order valence-electron chi connectivity index (χ4n) is 4.14. The van der Waals surface area contributed by atoms with E-state index in [-0.39, 0.29) is 17.9 Å². The molecule has 2 fully saturated rings. The van der Waals surface area contributed by atoms with Gasteiger partial charge in [-0.2, -0.15) is 0 Å². The molecule has 2 saturated heterocycles. The summed E-state index contributed by atoms with van der Waals surface area (Å²) in [6.07, 6.45) is 8.48. The van der Waals surface area contributed by atoms with Gasteiger partial charge in [0.25, 0.3) is 5.91 Å². The predicted octanol–water partition coefficient (Wildman–Crippen LogP) is 3.44. The number of amides is 2. The van der Waals surface area contributed by atoms with Crippen LogP contribution in [0, 0.1) is 0 Å². The molecule has 0 radical (unpaired) electrons. The van der Waals surface area contributed by atoms with Crippen LogP contribution in [0.1, 0.15) is 53.8 Å². The van der Waals surface area contributed by atoms with Gasteiger partial charge in [0, 0.05) is 32.4 Å². The number of carbonyl (C=O) groups is 2. The molecule has 2 amide bonds. The molecule has 0 aliphatic carbocycles. The van der Waals surface area contributed by atoms with Crippen LogP contribution >= 0.6 is 11.3 Å². The van der Waals surface area contributed by atoms with Crippen LogP contribution < -0.4 is 10.2 Å². The molecule has 1 N–H and O–H groups in total. The number of hydrogen-bond donors (Lipinski definition) is 1. The molecule has 0 bridgehead atoms. The number of pyridine rings is 1. The third-order valence-electron chi connectivity index (χ3n) is 5.75. The largest absolute Gasteiger partial charge is 0.357 e. The molecule has 4 rings (SSSR count). The molecular formula is C22H28N4O2S. The van der Waals surface area contributed by atoms with E-state index >= 15 is 0 Å². The Morgan fingerprint density at radius 1 is 1.07 bits per heavy atom. The van der Waals surface area contributed by atoms with Crippen LogP contribution in [0.25, 0.3) is 0 Å². The summed E-state index contributed by atoms with van der Waals surface area (Å²) in [5.41, 5.74) is 0.978. The van der Waals surface area contributed by atoms with E-state index in [2.05, 4.69) is 21.3 Å². The second kappa shape index (κ2) is 9.39. The quantitative estimate of drug-likeness (QED) is 0.817. The first kappa shape index (κ1) is 19.9. The summed E-state index contributed by atoms with van der Waals surface area (Å²) in [6.45, 7) is 3.21. The van der Waals surface area contributed by atoms with Crippen molar-refractivity contribution in [3.8, 4) is 0 Å². The third kappa shape index (κ3) is 4.78. The zero-order chi connectivity index (χ0) is 20.1. The zero-order valence-corrected chi connectivity index (χ0v) is 17.5. The Morgan fingerprint density at radius 3 is 2.59 bits per heavy atom. The van der Waals surface area contributed by atoms with Crippen LogP contribution in [0.2, 0.25) is 0 Å². The van der Waals surface area contributed by atoms with Crippen molar-refractivity contribution in [2.45, 2.75) is 51.1 Å². The van der Waals surface area contributed by atoms with E-state index < -0.39 is 0 Å². The second-order valence-corrected chi connectivity index (χ2v) is 8.73. The summed E-state index contributed by atoms with van der Waals surface area (Å²) in [7, 11) is 0. The van der Waals surface area contributed by atoms with Gasteiger partial charge in [0.15, 0.2) is 0 Å². The molecule has 1 atom stereocenters. The zero-order valence-electron chi connectivity index (χ0n) is 16.7. The van der Waals surface area contributed by atoms with Gasteiger partial charge in [0.1, 0.15) is 11.9 Å². The average molecular weight is 413 g/mol. The summed E-state index contributed by atoms with van der Waals surface area (Å²) in [6, 6.07) is 7.39. The molecule has 0 spiro atoms. The van der Waals surface area contributed by atoms with E-state index in [1.807, 2.05) is 29.8 Å². The first-order chi connectivity index (χ1) is 14.2. The maximum atomic E-state index is 12.7. The molecule has 154 valence electrons. The Bertz CT molecular complexity index is 814. The SMILES string of the molecule is O=C(NCc1ccc(N2CCCCCC2)nc1)[C@@H]1CCCN1C(=O)c1cccs1. The highest BCUT2D eigenvalue weighted by Crippen LogP contribution is 2.22. The molecule has 29 heavy (non-hydrogen) atoms. The number of carbonyl (C=O) groups excluding carboxylic acids is 2. The number of thiophene rings is 1. The maximum absolute atomic E-state index is 12.7. The standard InChI is InChI=1S/C22H28N4O2S/c27-21(18-7-5-13-26(18)22(28)19-8-6-14-29-19)24-16-17-9-10-20(23-15-17)25-11-3-1-2-4-12-25/h6,8-10,14-15,18H,1-5,7,11-13,16H2,(H,24,27)/t18-/m0/s1. The number of likely N-dealkylation sites (tertiary alicyclic amines) is 1. The van der Waals surface area contributed by atoms with E-state index in [0.717, 1.165) is 37.3 Å². The molecule has 2 aliphatic rings. The van der Waals surface area contributed by atoms with Crippen LogP contribution in [0.3, 0.4) is 0 Å². The first-order valence-electron chi connectivity index (χ1n) is 10.5. The smallest absolute Gasteiger partial charge is 0.264 e. The van der Waals surface area contributed by atoms with Crippen molar-refractivity contribution in [3.63, 3.8) is 0 Å². The van der Waals surface area contributed by atoms with Crippen molar-refractivity contribution in [1.29, 1.82) is 0 Å². The van der Waals surface area contributed by atoms with E-state index in [1.165, 1.54) is 37.0 Å². The highest BCUT2D eigenvalue weighted by Gasteiger charge is 2.34. The van der Waals surface area contributed by atoms with Crippen LogP contribution in [0.5, 0.6) is 0 Å². The van der Waals surface area contributed by atoms with Gasteiger partial charge < -0.3 is 15.1 Å². The molecule has 2 aromatic rings. The minimum atomic E-state index is -0.381. The molecule has 2 aliphatic heterocycles. The van der Waals surface area contributed by atoms with Gasteiger partial charge in [-0.05, 0) is 48.8 Å². The lowest BCUT2D eigenvalue weighted by molar-refractivity contribution is -0.125. The molecule has 7 heteroatoms. The van der Waals surface area contributed by atoms with Gasteiger partial charge in [-0.3, -0.25) is 9.59 Å². The number of anilines is 1. The maximum Gasteiger partial charge on any atom is 0.264 e. The Balaban J connectivity index is 1.32. The van der Waals surface area contributed by atoms with Crippen molar-refractivity contribution in [1.82, 2.24) is 15.2 Å². The molecule has 0 saturated carbocycles. The van der Waals surface area contributed by atoms with Crippen LogP contribution in [0.15, 0.2) is 35.8 Å². The van der Waals surface area contributed by atoms with Gasteiger partial charge in [-0.15, -0.1) is 11.3 Å². The molecule has 2 aromatic heterocycles. The minimum absolute atomic E-state index is 0.0406. The molecule has 0 aromatic carbocycles. The lowest BCUT2D eigenvalue weighted by atomic mass is 10.2. The molecule has 6 nitrogen and oxygen atoms in total. The van der Waals surface area contributed by atoms with Crippen molar-refractivity contribution >= 4 is 29.0 Å². The van der Waals surface area contributed by atoms with E-state index in [4.69, 9.17) is 0 Å². The number of nitrogens with one attached hydrogen (secondary N) is 1. The Hall–Kier alpha value is -2.41. The Kier molecular flexibility index (Phi) is 6.44.